The first kappa shape index (κ1) is 14.0. The minimum atomic E-state index is -0.379. The van der Waals surface area contributed by atoms with E-state index in [1.54, 1.807) is 7.11 Å². The fourth-order valence-electron chi connectivity index (χ4n) is 2.81. The SMILES string of the molecule is COc1ccc(CCC(O)C2COc3ccccc32)cc1. The van der Waals surface area contributed by atoms with Gasteiger partial charge in [-0.15, -0.1) is 0 Å². The number of rotatable bonds is 5. The molecule has 0 bridgehead atoms. The average molecular weight is 284 g/mol. The summed E-state index contributed by atoms with van der Waals surface area (Å²) in [7, 11) is 1.66. The molecule has 0 fully saturated rings. The number of ether oxygens (including phenoxy) is 2. The molecule has 2 unspecified atom stereocenters. The van der Waals surface area contributed by atoms with Crippen LogP contribution < -0.4 is 9.47 Å². The Morgan fingerprint density at radius 3 is 2.71 bits per heavy atom. The van der Waals surface area contributed by atoms with E-state index in [0.717, 1.165) is 29.9 Å². The standard InChI is InChI=1S/C18H20O3/c1-20-14-9-6-13(7-10-14)8-11-17(19)16-12-21-18-5-3-2-4-15(16)18/h2-7,9-10,16-17,19H,8,11-12H2,1H3. The molecule has 2 aromatic carbocycles. The first-order valence-electron chi connectivity index (χ1n) is 7.30. The molecule has 2 atom stereocenters. The van der Waals surface area contributed by atoms with Gasteiger partial charge in [0.15, 0.2) is 0 Å². The van der Waals surface area contributed by atoms with E-state index in [0.29, 0.717) is 6.61 Å². The number of hydrogen-bond acceptors (Lipinski definition) is 3. The summed E-state index contributed by atoms with van der Waals surface area (Å²) < 4.78 is 10.8. The zero-order valence-electron chi connectivity index (χ0n) is 12.2. The summed E-state index contributed by atoms with van der Waals surface area (Å²) in [4.78, 5) is 0. The lowest BCUT2D eigenvalue weighted by atomic mass is 9.91. The molecule has 0 aromatic heterocycles. The molecule has 1 heterocycles. The first-order chi connectivity index (χ1) is 10.3. The quantitative estimate of drug-likeness (QED) is 0.916. The van der Waals surface area contributed by atoms with Crippen molar-refractivity contribution in [2.45, 2.75) is 24.9 Å². The van der Waals surface area contributed by atoms with Gasteiger partial charge in [0, 0.05) is 11.5 Å². The van der Waals surface area contributed by atoms with E-state index in [9.17, 15) is 5.11 Å². The molecular weight excluding hydrogens is 264 g/mol. The van der Waals surface area contributed by atoms with Crippen LogP contribution in [0.5, 0.6) is 11.5 Å². The number of methoxy groups -OCH3 is 1. The van der Waals surface area contributed by atoms with Crippen LogP contribution in [-0.2, 0) is 6.42 Å². The van der Waals surface area contributed by atoms with E-state index in [4.69, 9.17) is 9.47 Å². The van der Waals surface area contributed by atoms with Gasteiger partial charge in [-0.25, -0.2) is 0 Å². The van der Waals surface area contributed by atoms with Crippen LogP contribution in [0.15, 0.2) is 48.5 Å². The Hall–Kier alpha value is -2.00. The number of aliphatic hydroxyl groups is 1. The molecule has 21 heavy (non-hydrogen) atoms. The summed E-state index contributed by atoms with van der Waals surface area (Å²) in [5, 5.41) is 10.5. The summed E-state index contributed by atoms with van der Waals surface area (Å²) in [5.41, 5.74) is 2.33. The van der Waals surface area contributed by atoms with Gasteiger partial charge in [-0.3, -0.25) is 0 Å². The molecule has 3 heteroatoms. The molecule has 110 valence electrons. The van der Waals surface area contributed by atoms with Crippen LogP contribution >= 0.6 is 0 Å². The van der Waals surface area contributed by atoms with Crippen molar-refractivity contribution in [2.24, 2.45) is 0 Å². The molecular formula is C18H20O3. The van der Waals surface area contributed by atoms with Gasteiger partial charge in [0.25, 0.3) is 0 Å². The number of hydrogen-bond donors (Lipinski definition) is 1. The zero-order valence-corrected chi connectivity index (χ0v) is 12.2. The summed E-state index contributed by atoms with van der Waals surface area (Å²) in [6.45, 7) is 0.573. The van der Waals surface area contributed by atoms with Gasteiger partial charge in [-0.2, -0.15) is 0 Å². The Kier molecular flexibility index (Phi) is 4.11. The highest BCUT2D eigenvalue weighted by molar-refractivity contribution is 5.40. The molecule has 1 N–H and O–H groups in total. The topological polar surface area (TPSA) is 38.7 Å². The Labute approximate surface area is 125 Å². The highest BCUT2D eigenvalue weighted by Crippen LogP contribution is 2.36. The summed E-state index contributed by atoms with van der Waals surface area (Å²) >= 11 is 0. The van der Waals surface area contributed by atoms with Crippen molar-refractivity contribution < 1.29 is 14.6 Å². The van der Waals surface area contributed by atoms with Gasteiger partial charge in [0.1, 0.15) is 11.5 Å². The molecule has 0 saturated carbocycles. The van der Waals surface area contributed by atoms with Crippen molar-refractivity contribution in [3.8, 4) is 11.5 Å². The number of aryl methyl sites for hydroxylation is 1. The van der Waals surface area contributed by atoms with E-state index in [2.05, 4.69) is 0 Å². The second-order valence-electron chi connectivity index (χ2n) is 5.41. The van der Waals surface area contributed by atoms with Crippen LogP contribution in [-0.4, -0.2) is 24.9 Å². The summed E-state index contributed by atoms with van der Waals surface area (Å²) in [6.07, 6.45) is 1.20. The lowest BCUT2D eigenvalue weighted by molar-refractivity contribution is 0.120. The number of aliphatic hydroxyl groups excluding tert-OH is 1. The summed E-state index contributed by atoms with van der Waals surface area (Å²) in [6, 6.07) is 16.0. The maximum atomic E-state index is 10.5. The molecule has 0 spiro atoms. The van der Waals surface area contributed by atoms with Crippen molar-refractivity contribution in [3.05, 3.63) is 59.7 Å². The van der Waals surface area contributed by atoms with Crippen molar-refractivity contribution in [2.75, 3.05) is 13.7 Å². The van der Waals surface area contributed by atoms with E-state index in [-0.39, 0.29) is 12.0 Å². The third-order valence-corrected chi connectivity index (χ3v) is 4.09. The fourth-order valence-corrected chi connectivity index (χ4v) is 2.81. The minimum absolute atomic E-state index is 0.0828. The lowest BCUT2D eigenvalue weighted by Gasteiger charge is -2.17. The maximum Gasteiger partial charge on any atom is 0.123 e. The zero-order chi connectivity index (χ0) is 14.7. The van der Waals surface area contributed by atoms with Crippen molar-refractivity contribution in [3.63, 3.8) is 0 Å². The number of benzene rings is 2. The van der Waals surface area contributed by atoms with Crippen LogP contribution in [0.3, 0.4) is 0 Å². The second kappa shape index (κ2) is 6.19. The highest BCUT2D eigenvalue weighted by atomic mass is 16.5. The monoisotopic (exact) mass is 284 g/mol. The third kappa shape index (κ3) is 3.03. The number of para-hydroxylation sites is 1. The van der Waals surface area contributed by atoms with Gasteiger partial charge in [0.05, 0.1) is 19.8 Å². The third-order valence-electron chi connectivity index (χ3n) is 4.09. The second-order valence-corrected chi connectivity index (χ2v) is 5.41. The lowest BCUT2D eigenvalue weighted by Crippen LogP contribution is -2.20. The van der Waals surface area contributed by atoms with Crippen molar-refractivity contribution in [1.82, 2.24) is 0 Å². The molecule has 3 nitrogen and oxygen atoms in total. The number of fused-ring (bicyclic) bond motifs is 1. The highest BCUT2D eigenvalue weighted by Gasteiger charge is 2.29. The van der Waals surface area contributed by atoms with Gasteiger partial charge < -0.3 is 14.6 Å². The Balaban J connectivity index is 1.60. The molecule has 0 radical (unpaired) electrons. The maximum absolute atomic E-state index is 10.5. The molecule has 0 amide bonds. The predicted octanol–water partition coefficient (Wildman–Crippen LogP) is 3.16. The van der Waals surface area contributed by atoms with Gasteiger partial charge >= 0.3 is 0 Å². The van der Waals surface area contributed by atoms with Crippen LogP contribution in [0, 0.1) is 0 Å². The van der Waals surface area contributed by atoms with Crippen molar-refractivity contribution in [1.29, 1.82) is 0 Å². The van der Waals surface area contributed by atoms with Crippen LogP contribution in [0.1, 0.15) is 23.5 Å². The minimum Gasteiger partial charge on any atom is -0.497 e. The van der Waals surface area contributed by atoms with E-state index in [1.807, 2.05) is 48.5 Å². The molecule has 1 aliphatic rings. The van der Waals surface area contributed by atoms with E-state index < -0.39 is 0 Å². The Morgan fingerprint density at radius 1 is 1.19 bits per heavy atom. The average Bonchev–Trinajstić information content (AvgIpc) is 2.97. The summed E-state index contributed by atoms with van der Waals surface area (Å²) in [5.74, 6) is 1.85. The van der Waals surface area contributed by atoms with Crippen LogP contribution in [0.2, 0.25) is 0 Å². The molecule has 0 aliphatic carbocycles. The first-order valence-corrected chi connectivity index (χ1v) is 7.30. The Bertz CT molecular complexity index is 592. The normalized spacial score (nSPS) is 17.9. The molecule has 1 aliphatic heterocycles. The van der Waals surface area contributed by atoms with Gasteiger partial charge in [0.2, 0.25) is 0 Å². The largest absolute Gasteiger partial charge is 0.497 e. The van der Waals surface area contributed by atoms with Crippen LogP contribution in [0.4, 0.5) is 0 Å². The smallest absolute Gasteiger partial charge is 0.123 e. The predicted molar refractivity (Wildman–Crippen MR) is 82.0 cm³/mol. The fraction of sp³-hybridized carbons (Fsp3) is 0.333. The molecule has 3 rings (SSSR count). The molecule has 2 aromatic rings. The Morgan fingerprint density at radius 2 is 1.95 bits per heavy atom. The van der Waals surface area contributed by atoms with Crippen molar-refractivity contribution >= 4 is 0 Å². The molecule has 0 saturated heterocycles. The van der Waals surface area contributed by atoms with Gasteiger partial charge in [-0.05, 0) is 36.6 Å². The van der Waals surface area contributed by atoms with E-state index in [1.165, 1.54) is 5.56 Å². The van der Waals surface area contributed by atoms with Gasteiger partial charge in [-0.1, -0.05) is 30.3 Å². The van der Waals surface area contributed by atoms with Crippen LogP contribution in [0.25, 0.3) is 0 Å². The van der Waals surface area contributed by atoms with E-state index >= 15 is 0 Å².